The molecule has 0 atom stereocenters. The highest BCUT2D eigenvalue weighted by Gasteiger charge is 2.12. The van der Waals surface area contributed by atoms with Gasteiger partial charge in [0.2, 0.25) is 5.95 Å². The number of rotatable bonds is 5. The van der Waals surface area contributed by atoms with Gasteiger partial charge in [0.05, 0.1) is 6.33 Å². The van der Waals surface area contributed by atoms with Crippen LogP contribution in [0.15, 0.2) is 21.2 Å². The number of aromatic nitrogens is 6. The average Bonchev–Trinajstić information content (AvgIpc) is 3.06. The van der Waals surface area contributed by atoms with E-state index in [1.807, 2.05) is 0 Å². The first-order valence-corrected chi connectivity index (χ1v) is 7.45. The molecule has 0 saturated heterocycles. The lowest BCUT2D eigenvalue weighted by atomic mass is 10.5. The summed E-state index contributed by atoms with van der Waals surface area (Å²) in [5, 5.41) is 11.8. The van der Waals surface area contributed by atoms with Crippen LogP contribution in [0.2, 0.25) is 0 Å². The zero-order valence-corrected chi connectivity index (χ0v) is 11.8. The van der Waals surface area contributed by atoms with Gasteiger partial charge in [-0.2, -0.15) is 4.98 Å². The molecule has 9 heteroatoms. The largest absolute Gasteiger partial charge is 0.354 e. The summed E-state index contributed by atoms with van der Waals surface area (Å²) >= 11 is 2.94. The van der Waals surface area contributed by atoms with E-state index in [9.17, 15) is 0 Å². The van der Waals surface area contributed by atoms with Crippen LogP contribution in [0.3, 0.4) is 0 Å². The fraction of sp³-hybridized carbons (Fsp3) is 0.300. The first-order chi connectivity index (χ1) is 9.36. The van der Waals surface area contributed by atoms with Crippen LogP contribution in [0.1, 0.15) is 13.3 Å². The van der Waals surface area contributed by atoms with Crippen molar-refractivity contribution in [1.82, 2.24) is 30.1 Å². The van der Waals surface area contributed by atoms with Crippen LogP contribution in [0.25, 0.3) is 11.2 Å². The number of hydrogen-bond donors (Lipinski definition) is 2. The van der Waals surface area contributed by atoms with Crippen LogP contribution in [0, 0.1) is 0 Å². The third-order valence-electron chi connectivity index (χ3n) is 2.31. The Morgan fingerprint density at radius 2 is 2.37 bits per heavy atom. The first-order valence-electron chi connectivity index (χ1n) is 5.76. The summed E-state index contributed by atoms with van der Waals surface area (Å²) < 4.78 is 0.844. The Kier molecular flexibility index (Phi) is 3.56. The van der Waals surface area contributed by atoms with Gasteiger partial charge in [-0.1, -0.05) is 18.3 Å². The molecule has 0 saturated carbocycles. The molecule has 0 unspecified atom stereocenters. The van der Waals surface area contributed by atoms with Crippen molar-refractivity contribution < 1.29 is 0 Å². The fourth-order valence-corrected chi connectivity index (χ4v) is 2.96. The predicted octanol–water partition coefficient (Wildman–Crippen LogP) is 2.18. The second-order valence-corrected chi connectivity index (χ2v) is 5.76. The maximum atomic E-state index is 4.49. The Labute approximate surface area is 117 Å². The van der Waals surface area contributed by atoms with Crippen molar-refractivity contribution in [2.45, 2.75) is 22.7 Å². The van der Waals surface area contributed by atoms with Gasteiger partial charge in [0, 0.05) is 6.54 Å². The van der Waals surface area contributed by atoms with E-state index >= 15 is 0 Å². The van der Waals surface area contributed by atoms with Crippen molar-refractivity contribution in [2.24, 2.45) is 0 Å². The molecule has 7 nitrogen and oxygen atoms in total. The number of nitrogens with zero attached hydrogens (tertiary/aromatic N) is 5. The summed E-state index contributed by atoms with van der Waals surface area (Å²) in [5.41, 5.74) is 3.17. The molecule has 0 spiro atoms. The maximum Gasteiger partial charge on any atom is 0.225 e. The fourth-order valence-electron chi connectivity index (χ4n) is 1.49. The second kappa shape index (κ2) is 5.49. The van der Waals surface area contributed by atoms with Crippen molar-refractivity contribution in [3.63, 3.8) is 0 Å². The van der Waals surface area contributed by atoms with E-state index in [0.29, 0.717) is 11.6 Å². The van der Waals surface area contributed by atoms with Gasteiger partial charge >= 0.3 is 0 Å². The molecule has 0 bridgehead atoms. The van der Waals surface area contributed by atoms with Gasteiger partial charge in [0.15, 0.2) is 9.99 Å². The molecule has 0 fully saturated rings. The minimum Gasteiger partial charge on any atom is -0.354 e. The van der Waals surface area contributed by atoms with Gasteiger partial charge < -0.3 is 10.3 Å². The third-order valence-corrected chi connectivity index (χ3v) is 4.08. The number of nitrogens with one attached hydrogen (secondary N) is 2. The molecule has 3 aromatic rings. The van der Waals surface area contributed by atoms with Crippen LogP contribution in [-0.4, -0.2) is 36.7 Å². The minimum atomic E-state index is 0.591. The smallest absolute Gasteiger partial charge is 0.225 e. The molecule has 0 aliphatic rings. The number of hydrogen-bond acceptors (Lipinski definition) is 8. The SMILES string of the molecule is CCCNc1nc(Sc2nncs2)c2[nH]cnc2n1. The van der Waals surface area contributed by atoms with E-state index in [-0.39, 0.29) is 0 Å². The summed E-state index contributed by atoms with van der Waals surface area (Å²) in [6.45, 7) is 2.93. The molecule has 19 heavy (non-hydrogen) atoms. The van der Waals surface area contributed by atoms with Gasteiger partial charge in [0.1, 0.15) is 16.1 Å². The average molecular weight is 293 g/mol. The molecule has 3 aromatic heterocycles. The Hall–Kier alpha value is -1.74. The van der Waals surface area contributed by atoms with Gasteiger partial charge in [-0.05, 0) is 18.2 Å². The monoisotopic (exact) mass is 293 g/mol. The van der Waals surface area contributed by atoms with Gasteiger partial charge in [-0.25, -0.2) is 9.97 Å². The Morgan fingerprint density at radius 3 is 3.16 bits per heavy atom. The van der Waals surface area contributed by atoms with Crippen molar-refractivity contribution in [3.05, 3.63) is 11.8 Å². The number of H-pyrrole nitrogens is 1. The molecule has 0 aliphatic carbocycles. The number of aromatic amines is 1. The molecule has 98 valence electrons. The standard InChI is InChI=1S/C10H11N7S2/c1-2-3-11-9-15-7-6(12-4-13-7)8(16-9)19-10-17-14-5-18-10/h4-5H,2-3H2,1H3,(H2,11,12,13,15,16). The van der Waals surface area contributed by atoms with Crippen molar-refractivity contribution in [2.75, 3.05) is 11.9 Å². The van der Waals surface area contributed by atoms with Crippen LogP contribution < -0.4 is 5.32 Å². The third kappa shape index (κ3) is 2.66. The Bertz CT molecular complexity index is 664. The highest BCUT2D eigenvalue weighted by molar-refractivity contribution is 8.01. The highest BCUT2D eigenvalue weighted by atomic mass is 32.2. The van der Waals surface area contributed by atoms with Gasteiger partial charge in [0.25, 0.3) is 0 Å². The van der Waals surface area contributed by atoms with E-state index in [4.69, 9.17) is 0 Å². The molecule has 2 N–H and O–H groups in total. The topological polar surface area (TPSA) is 92.3 Å². The molecule has 0 aliphatic heterocycles. The van der Waals surface area contributed by atoms with Crippen LogP contribution in [0.4, 0.5) is 5.95 Å². The minimum absolute atomic E-state index is 0.591. The van der Waals surface area contributed by atoms with E-state index in [1.165, 1.54) is 23.1 Å². The lowest BCUT2D eigenvalue weighted by Crippen LogP contribution is -2.05. The van der Waals surface area contributed by atoms with Crippen LogP contribution >= 0.6 is 23.1 Å². The van der Waals surface area contributed by atoms with Gasteiger partial charge in [-0.15, -0.1) is 10.2 Å². The molecule has 0 amide bonds. The van der Waals surface area contributed by atoms with E-state index in [1.54, 1.807) is 11.8 Å². The summed E-state index contributed by atoms with van der Waals surface area (Å²) in [7, 11) is 0. The van der Waals surface area contributed by atoms with E-state index in [2.05, 4.69) is 42.4 Å². The van der Waals surface area contributed by atoms with E-state index in [0.717, 1.165) is 27.8 Å². The molecular formula is C10H11N7S2. The summed E-state index contributed by atoms with van der Waals surface area (Å²) in [6, 6.07) is 0. The predicted molar refractivity (Wildman–Crippen MR) is 74.5 cm³/mol. The zero-order chi connectivity index (χ0) is 13.1. The normalized spacial score (nSPS) is 11.0. The summed E-state index contributed by atoms with van der Waals surface area (Å²) in [6.07, 6.45) is 2.63. The quantitative estimate of drug-likeness (QED) is 0.696. The molecular weight excluding hydrogens is 282 g/mol. The molecule has 0 radical (unpaired) electrons. The van der Waals surface area contributed by atoms with Crippen molar-refractivity contribution in [3.8, 4) is 0 Å². The molecule has 3 rings (SSSR count). The number of imidazole rings is 1. The zero-order valence-electron chi connectivity index (χ0n) is 10.1. The van der Waals surface area contributed by atoms with Gasteiger partial charge in [-0.3, -0.25) is 0 Å². The molecule has 3 heterocycles. The Balaban J connectivity index is 1.97. The maximum absolute atomic E-state index is 4.49. The van der Waals surface area contributed by atoms with Crippen molar-refractivity contribution >= 4 is 40.2 Å². The molecule has 0 aromatic carbocycles. The lowest BCUT2D eigenvalue weighted by Gasteiger charge is -2.05. The summed E-state index contributed by atoms with van der Waals surface area (Å²) in [4.78, 5) is 16.1. The van der Waals surface area contributed by atoms with Crippen LogP contribution in [-0.2, 0) is 0 Å². The number of anilines is 1. The van der Waals surface area contributed by atoms with Crippen molar-refractivity contribution in [1.29, 1.82) is 0 Å². The Morgan fingerprint density at radius 1 is 1.42 bits per heavy atom. The second-order valence-electron chi connectivity index (χ2n) is 3.69. The highest BCUT2D eigenvalue weighted by Crippen LogP contribution is 2.31. The lowest BCUT2D eigenvalue weighted by molar-refractivity contribution is 0.942. The first kappa shape index (κ1) is 12.3. The summed E-state index contributed by atoms with van der Waals surface area (Å²) in [5.74, 6) is 0.591. The number of fused-ring (bicyclic) bond motifs is 1. The van der Waals surface area contributed by atoms with Crippen LogP contribution in [0.5, 0.6) is 0 Å². The van der Waals surface area contributed by atoms with E-state index < -0.39 is 0 Å².